The van der Waals surface area contributed by atoms with Crippen LogP contribution < -0.4 is 0 Å². The molecule has 0 saturated heterocycles. The van der Waals surface area contributed by atoms with Crippen molar-refractivity contribution in [3.05, 3.63) is 34.7 Å². The van der Waals surface area contributed by atoms with Gasteiger partial charge in [-0.05, 0) is 6.07 Å². The Hall–Kier alpha value is -1.69. The molecule has 0 aliphatic heterocycles. The monoisotopic (exact) mass is 258 g/mol. The number of rotatable bonds is 2. The van der Waals surface area contributed by atoms with E-state index in [1.807, 2.05) is 0 Å². The van der Waals surface area contributed by atoms with Crippen LogP contribution >= 0.6 is 11.3 Å². The molecular formula is C11H5F3O2S. The number of fused-ring (bicyclic) bond motifs is 1. The Balaban J connectivity index is 2.67. The third-order valence-corrected chi connectivity index (χ3v) is 3.31. The molecule has 2 nitrogen and oxygen atoms in total. The highest BCUT2D eigenvalue weighted by molar-refractivity contribution is 7.18. The van der Waals surface area contributed by atoms with Crippen LogP contribution in [0.25, 0.3) is 10.1 Å². The van der Waals surface area contributed by atoms with Crippen molar-refractivity contribution in [1.82, 2.24) is 0 Å². The Morgan fingerprint density at radius 1 is 1.29 bits per heavy atom. The number of ketones is 1. The third-order valence-electron chi connectivity index (χ3n) is 2.26. The fourth-order valence-corrected chi connectivity index (χ4v) is 2.53. The lowest BCUT2D eigenvalue weighted by Crippen LogP contribution is -2.22. The lowest BCUT2D eigenvalue weighted by Gasteiger charge is -2.05. The molecular weight excluding hydrogens is 253 g/mol. The maximum absolute atomic E-state index is 12.3. The third kappa shape index (κ3) is 1.95. The predicted octanol–water partition coefficient (Wildman–Crippen LogP) is 3.46. The fraction of sp³-hybridized carbons (Fsp3) is 0.0909. The predicted molar refractivity (Wildman–Crippen MR) is 57.6 cm³/mol. The Labute approximate surface area is 97.7 Å². The van der Waals surface area contributed by atoms with Gasteiger partial charge in [0.05, 0.1) is 0 Å². The van der Waals surface area contributed by atoms with Gasteiger partial charge < -0.3 is 0 Å². The molecule has 2 aromatic rings. The quantitative estimate of drug-likeness (QED) is 0.610. The highest BCUT2D eigenvalue weighted by Crippen LogP contribution is 2.32. The zero-order valence-corrected chi connectivity index (χ0v) is 9.06. The van der Waals surface area contributed by atoms with E-state index in [0.717, 1.165) is 17.4 Å². The lowest BCUT2D eigenvalue weighted by molar-refractivity contribution is -0.0884. The van der Waals surface area contributed by atoms with Gasteiger partial charge in [-0.2, -0.15) is 13.2 Å². The maximum Gasteiger partial charge on any atom is 0.454 e. The highest BCUT2D eigenvalue weighted by Gasteiger charge is 2.40. The molecule has 0 amide bonds. The summed E-state index contributed by atoms with van der Waals surface area (Å²) in [6, 6.07) is 3.97. The molecule has 0 spiro atoms. The molecule has 0 N–H and O–H groups in total. The zero-order chi connectivity index (χ0) is 12.6. The molecule has 0 saturated carbocycles. The molecule has 0 bridgehead atoms. The van der Waals surface area contributed by atoms with Crippen LogP contribution in [0.15, 0.2) is 23.6 Å². The second-order valence-electron chi connectivity index (χ2n) is 3.32. The van der Waals surface area contributed by atoms with E-state index in [1.54, 1.807) is 0 Å². The molecule has 6 heteroatoms. The smallest absolute Gasteiger partial charge is 0.298 e. The number of halogens is 3. The van der Waals surface area contributed by atoms with Crippen molar-refractivity contribution in [2.45, 2.75) is 6.18 Å². The van der Waals surface area contributed by atoms with E-state index in [2.05, 4.69) is 0 Å². The first-order valence-electron chi connectivity index (χ1n) is 4.52. The van der Waals surface area contributed by atoms with Gasteiger partial charge in [-0.3, -0.25) is 9.59 Å². The molecule has 0 fully saturated rings. The summed E-state index contributed by atoms with van der Waals surface area (Å²) in [6.07, 6.45) is -4.35. The number of Topliss-reactive ketones (excluding diaryl/α,β-unsaturated/α-hetero) is 1. The Morgan fingerprint density at radius 2 is 2.00 bits per heavy atom. The van der Waals surface area contributed by atoms with Gasteiger partial charge in [-0.25, -0.2) is 0 Å². The average molecular weight is 258 g/mol. The first-order chi connectivity index (χ1) is 7.95. The minimum absolute atomic E-state index is 0.192. The first kappa shape index (κ1) is 11.8. The van der Waals surface area contributed by atoms with Crippen molar-refractivity contribution in [3.8, 4) is 0 Å². The Bertz CT molecular complexity index is 598. The molecule has 1 aromatic heterocycles. The van der Waals surface area contributed by atoms with Crippen LogP contribution in [-0.4, -0.2) is 18.2 Å². The van der Waals surface area contributed by atoms with E-state index in [-0.39, 0.29) is 4.70 Å². The largest absolute Gasteiger partial charge is 0.454 e. The minimum Gasteiger partial charge on any atom is -0.298 e. The van der Waals surface area contributed by atoms with E-state index >= 15 is 0 Å². The topological polar surface area (TPSA) is 34.1 Å². The summed E-state index contributed by atoms with van der Waals surface area (Å²) in [5.41, 5.74) is -0.116. The summed E-state index contributed by atoms with van der Waals surface area (Å²) in [4.78, 5) is 21.8. The van der Waals surface area contributed by atoms with Crippen LogP contribution in [0.3, 0.4) is 0 Å². The molecule has 0 atom stereocenters. The summed E-state index contributed by atoms with van der Waals surface area (Å²) in [6.45, 7) is 0. The van der Waals surface area contributed by atoms with Crippen molar-refractivity contribution < 1.29 is 22.8 Å². The van der Waals surface area contributed by atoms with Crippen molar-refractivity contribution in [2.75, 3.05) is 0 Å². The Kier molecular flexibility index (Phi) is 2.74. The van der Waals surface area contributed by atoms with Gasteiger partial charge >= 0.3 is 6.18 Å². The number of carbonyl (C=O) groups is 2. The molecule has 2 rings (SSSR count). The Morgan fingerprint density at radius 3 is 2.59 bits per heavy atom. The van der Waals surface area contributed by atoms with Gasteiger partial charge in [-0.1, -0.05) is 12.1 Å². The maximum atomic E-state index is 12.3. The second-order valence-corrected chi connectivity index (χ2v) is 4.20. The minimum atomic E-state index is -4.90. The SMILES string of the molecule is O=Cc1csc2c(C(=O)C(F)(F)F)cccc12. The molecule has 17 heavy (non-hydrogen) atoms. The zero-order valence-electron chi connectivity index (χ0n) is 8.25. The van der Waals surface area contributed by atoms with Crippen LogP contribution in [0.2, 0.25) is 0 Å². The van der Waals surface area contributed by atoms with E-state index in [1.165, 1.54) is 17.5 Å². The summed E-state index contributed by atoms with van der Waals surface area (Å²) in [5.74, 6) is -1.89. The number of hydrogen-bond acceptors (Lipinski definition) is 3. The molecule has 0 unspecified atom stereocenters. The number of hydrogen-bond donors (Lipinski definition) is 0. The van der Waals surface area contributed by atoms with Crippen LogP contribution in [0, 0.1) is 0 Å². The normalized spacial score (nSPS) is 11.7. The van der Waals surface area contributed by atoms with Gasteiger partial charge in [0.15, 0.2) is 6.29 Å². The summed E-state index contributed by atoms with van der Waals surface area (Å²) in [7, 11) is 0. The average Bonchev–Trinajstić information content (AvgIpc) is 2.69. The summed E-state index contributed by atoms with van der Waals surface area (Å²) >= 11 is 0.957. The van der Waals surface area contributed by atoms with Crippen LogP contribution in [0.5, 0.6) is 0 Å². The lowest BCUT2D eigenvalue weighted by atomic mass is 10.1. The summed E-state index contributed by atoms with van der Waals surface area (Å²) < 4.78 is 37.2. The van der Waals surface area contributed by atoms with Crippen molar-refractivity contribution >= 4 is 33.5 Å². The second kappa shape index (κ2) is 3.96. The standard InChI is InChI=1S/C11H5F3O2S/c12-11(13,14)10(16)8-3-1-2-7-6(4-15)5-17-9(7)8/h1-5H. The molecule has 1 heterocycles. The summed E-state index contributed by atoms with van der Waals surface area (Å²) in [5, 5.41) is 1.81. The van der Waals surface area contributed by atoms with Crippen molar-refractivity contribution in [2.24, 2.45) is 0 Å². The van der Waals surface area contributed by atoms with E-state index < -0.39 is 17.5 Å². The molecule has 1 aromatic carbocycles. The van der Waals surface area contributed by atoms with Crippen LogP contribution in [0.1, 0.15) is 20.7 Å². The van der Waals surface area contributed by atoms with Gasteiger partial charge in [0.2, 0.25) is 0 Å². The van der Waals surface area contributed by atoms with E-state index in [4.69, 9.17) is 0 Å². The molecule has 0 radical (unpaired) electrons. The first-order valence-corrected chi connectivity index (χ1v) is 5.40. The molecule has 88 valence electrons. The van der Waals surface area contributed by atoms with Gasteiger partial charge in [-0.15, -0.1) is 11.3 Å². The number of benzene rings is 1. The number of carbonyl (C=O) groups excluding carboxylic acids is 2. The van der Waals surface area contributed by atoms with E-state index in [0.29, 0.717) is 17.2 Å². The highest BCUT2D eigenvalue weighted by atomic mass is 32.1. The van der Waals surface area contributed by atoms with Gasteiger partial charge in [0, 0.05) is 26.6 Å². The fourth-order valence-electron chi connectivity index (χ4n) is 1.50. The van der Waals surface area contributed by atoms with Crippen molar-refractivity contribution in [3.63, 3.8) is 0 Å². The molecule has 0 aliphatic rings. The van der Waals surface area contributed by atoms with Gasteiger partial charge in [0.25, 0.3) is 5.78 Å². The van der Waals surface area contributed by atoms with Crippen molar-refractivity contribution in [1.29, 1.82) is 0 Å². The number of alkyl halides is 3. The van der Waals surface area contributed by atoms with Gasteiger partial charge in [0.1, 0.15) is 0 Å². The number of aldehydes is 1. The molecule has 0 aliphatic carbocycles. The van der Waals surface area contributed by atoms with Crippen LogP contribution in [0.4, 0.5) is 13.2 Å². The van der Waals surface area contributed by atoms with E-state index in [9.17, 15) is 22.8 Å². The number of thiophene rings is 1. The van der Waals surface area contributed by atoms with Crippen LogP contribution in [-0.2, 0) is 0 Å².